The number of pyridine rings is 1. The Bertz CT molecular complexity index is 635. The topological polar surface area (TPSA) is 76.5 Å². The van der Waals surface area contributed by atoms with E-state index in [1.807, 2.05) is 0 Å². The summed E-state index contributed by atoms with van der Waals surface area (Å²) >= 11 is 0. The number of ether oxygens (including phenoxy) is 1. The van der Waals surface area contributed by atoms with Crippen molar-refractivity contribution in [2.75, 3.05) is 7.11 Å². The van der Waals surface area contributed by atoms with Crippen LogP contribution in [0, 0.1) is 0 Å². The van der Waals surface area contributed by atoms with Crippen LogP contribution in [0.25, 0.3) is 0 Å². The number of carboxylic acid groups (broad SMARTS) is 1. The van der Waals surface area contributed by atoms with Crippen LogP contribution in [-0.4, -0.2) is 29.0 Å². The first-order valence-electron chi connectivity index (χ1n) is 5.96. The van der Waals surface area contributed by atoms with Crippen molar-refractivity contribution in [3.05, 3.63) is 59.4 Å². The van der Waals surface area contributed by atoms with Crippen LogP contribution in [0.15, 0.2) is 42.6 Å². The molecule has 102 valence electrons. The summed E-state index contributed by atoms with van der Waals surface area (Å²) < 4.78 is 5.02. The van der Waals surface area contributed by atoms with E-state index in [4.69, 9.17) is 9.84 Å². The molecule has 20 heavy (non-hydrogen) atoms. The van der Waals surface area contributed by atoms with Crippen LogP contribution in [0.1, 0.15) is 26.4 Å². The van der Waals surface area contributed by atoms with Crippen molar-refractivity contribution in [1.29, 1.82) is 0 Å². The summed E-state index contributed by atoms with van der Waals surface area (Å²) in [6.07, 6.45) is 1.43. The lowest BCUT2D eigenvalue weighted by Gasteiger charge is -2.05. The number of nitrogens with zero attached hydrogens (tertiary/aromatic N) is 1. The molecule has 0 saturated carbocycles. The van der Waals surface area contributed by atoms with Crippen LogP contribution in [0.2, 0.25) is 0 Å². The van der Waals surface area contributed by atoms with Crippen molar-refractivity contribution in [3.63, 3.8) is 0 Å². The molecule has 1 aromatic heterocycles. The number of ketones is 1. The van der Waals surface area contributed by atoms with Gasteiger partial charge in [0.1, 0.15) is 5.75 Å². The zero-order valence-corrected chi connectivity index (χ0v) is 10.9. The number of aromatic nitrogens is 1. The first-order valence-corrected chi connectivity index (χ1v) is 5.96. The quantitative estimate of drug-likeness (QED) is 0.844. The third-order valence-electron chi connectivity index (χ3n) is 2.86. The molecule has 0 atom stereocenters. The summed E-state index contributed by atoms with van der Waals surface area (Å²) in [4.78, 5) is 27.1. The molecule has 2 rings (SSSR count). The Labute approximate surface area is 115 Å². The van der Waals surface area contributed by atoms with E-state index in [1.165, 1.54) is 18.3 Å². The van der Waals surface area contributed by atoms with E-state index in [-0.39, 0.29) is 23.5 Å². The van der Waals surface area contributed by atoms with Crippen molar-refractivity contribution < 1.29 is 19.4 Å². The number of aromatic carboxylic acids is 1. The normalized spacial score (nSPS) is 10.1. The molecule has 0 amide bonds. The van der Waals surface area contributed by atoms with Gasteiger partial charge in [0.2, 0.25) is 0 Å². The van der Waals surface area contributed by atoms with E-state index in [9.17, 15) is 9.59 Å². The molecule has 5 nitrogen and oxygen atoms in total. The van der Waals surface area contributed by atoms with Gasteiger partial charge in [-0.15, -0.1) is 0 Å². The highest BCUT2D eigenvalue weighted by Crippen LogP contribution is 2.14. The minimum atomic E-state index is -1.09. The SMILES string of the molecule is COc1ccc(C(=O)Cc2ncccc2C(=O)O)cc1. The molecule has 0 aliphatic rings. The summed E-state index contributed by atoms with van der Waals surface area (Å²) in [6.45, 7) is 0. The summed E-state index contributed by atoms with van der Waals surface area (Å²) in [7, 11) is 1.55. The van der Waals surface area contributed by atoms with Gasteiger partial charge in [0, 0.05) is 11.8 Å². The molecule has 0 radical (unpaired) electrons. The second-order valence-corrected chi connectivity index (χ2v) is 4.13. The molecule has 0 fully saturated rings. The van der Waals surface area contributed by atoms with Gasteiger partial charge < -0.3 is 9.84 Å². The van der Waals surface area contributed by atoms with Crippen LogP contribution >= 0.6 is 0 Å². The van der Waals surface area contributed by atoms with Crippen LogP contribution in [0.3, 0.4) is 0 Å². The maximum Gasteiger partial charge on any atom is 0.337 e. The molecule has 5 heteroatoms. The monoisotopic (exact) mass is 271 g/mol. The molecule has 0 unspecified atom stereocenters. The summed E-state index contributed by atoms with van der Waals surface area (Å²) in [6, 6.07) is 9.62. The zero-order valence-electron chi connectivity index (χ0n) is 10.9. The highest BCUT2D eigenvalue weighted by atomic mass is 16.5. The van der Waals surface area contributed by atoms with Crippen molar-refractivity contribution in [3.8, 4) is 5.75 Å². The average Bonchev–Trinajstić information content (AvgIpc) is 2.47. The van der Waals surface area contributed by atoms with Gasteiger partial charge in [0.25, 0.3) is 0 Å². The summed E-state index contributed by atoms with van der Waals surface area (Å²) in [5, 5.41) is 9.05. The van der Waals surface area contributed by atoms with Gasteiger partial charge in [-0.05, 0) is 36.4 Å². The molecular formula is C15H13NO4. The molecule has 2 aromatic rings. The second-order valence-electron chi connectivity index (χ2n) is 4.13. The maximum atomic E-state index is 12.1. The summed E-state index contributed by atoms with van der Waals surface area (Å²) in [5.41, 5.74) is 0.808. The van der Waals surface area contributed by atoms with Crippen LogP contribution in [0.4, 0.5) is 0 Å². The molecule has 1 heterocycles. The molecule has 0 aliphatic carbocycles. The number of benzene rings is 1. The Morgan fingerprint density at radius 3 is 2.50 bits per heavy atom. The number of rotatable bonds is 5. The highest BCUT2D eigenvalue weighted by molar-refractivity contribution is 5.99. The minimum absolute atomic E-state index is 0.0468. The van der Waals surface area contributed by atoms with E-state index in [0.717, 1.165) is 0 Å². The lowest BCUT2D eigenvalue weighted by molar-refractivity contribution is 0.0695. The third-order valence-corrected chi connectivity index (χ3v) is 2.86. The van der Waals surface area contributed by atoms with Gasteiger partial charge in [0.05, 0.1) is 24.8 Å². The van der Waals surface area contributed by atoms with Gasteiger partial charge in [-0.3, -0.25) is 9.78 Å². The van der Waals surface area contributed by atoms with E-state index >= 15 is 0 Å². The van der Waals surface area contributed by atoms with Crippen LogP contribution < -0.4 is 4.74 Å². The number of carbonyl (C=O) groups is 2. The Morgan fingerprint density at radius 1 is 1.20 bits per heavy atom. The second kappa shape index (κ2) is 5.97. The first-order chi connectivity index (χ1) is 9.61. The minimum Gasteiger partial charge on any atom is -0.497 e. The molecule has 1 N–H and O–H groups in total. The van der Waals surface area contributed by atoms with Gasteiger partial charge in [0.15, 0.2) is 5.78 Å². The Kier molecular flexibility index (Phi) is 4.10. The van der Waals surface area contributed by atoms with Crippen molar-refractivity contribution in [2.24, 2.45) is 0 Å². The van der Waals surface area contributed by atoms with Gasteiger partial charge in [-0.25, -0.2) is 4.79 Å². The number of hydrogen-bond donors (Lipinski definition) is 1. The van der Waals surface area contributed by atoms with Crippen LogP contribution in [-0.2, 0) is 6.42 Å². The van der Waals surface area contributed by atoms with Gasteiger partial charge in [-0.1, -0.05) is 0 Å². The number of methoxy groups -OCH3 is 1. The van der Waals surface area contributed by atoms with Crippen molar-refractivity contribution in [1.82, 2.24) is 4.98 Å². The smallest absolute Gasteiger partial charge is 0.337 e. The fourth-order valence-corrected chi connectivity index (χ4v) is 1.80. The van der Waals surface area contributed by atoms with Gasteiger partial charge >= 0.3 is 5.97 Å². The fourth-order valence-electron chi connectivity index (χ4n) is 1.80. The maximum absolute atomic E-state index is 12.1. The van der Waals surface area contributed by atoms with E-state index in [0.29, 0.717) is 11.3 Å². The first kappa shape index (κ1) is 13.7. The Hall–Kier alpha value is -2.69. The third kappa shape index (κ3) is 3.00. The fraction of sp³-hybridized carbons (Fsp3) is 0.133. The van der Waals surface area contributed by atoms with E-state index in [1.54, 1.807) is 31.4 Å². The van der Waals surface area contributed by atoms with Gasteiger partial charge in [-0.2, -0.15) is 0 Å². The van der Waals surface area contributed by atoms with E-state index in [2.05, 4.69) is 4.98 Å². The highest BCUT2D eigenvalue weighted by Gasteiger charge is 2.15. The predicted molar refractivity (Wildman–Crippen MR) is 72.2 cm³/mol. The molecule has 0 bridgehead atoms. The predicted octanol–water partition coefficient (Wildman–Crippen LogP) is 2.21. The molecule has 0 saturated heterocycles. The largest absolute Gasteiger partial charge is 0.497 e. The molecule has 1 aromatic carbocycles. The van der Waals surface area contributed by atoms with Crippen LogP contribution in [0.5, 0.6) is 5.75 Å². The Balaban J connectivity index is 2.21. The molecule has 0 spiro atoms. The van der Waals surface area contributed by atoms with Crippen molar-refractivity contribution in [2.45, 2.75) is 6.42 Å². The number of carbonyl (C=O) groups excluding carboxylic acids is 1. The molecule has 0 aliphatic heterocycles. The average molecular weight is 271 g/mol. The standard InChI is InChI=1S/C15H13NO4/c1-20-11-6-4-10(5-7-11)14(17)9-13-12(15(18)19)3-2-8-16-13/h2-8H,9H2,1H3,(H,18,19). The lowest BCUT2D eigenvalue weighted by Crippen LogP contribution is -2.10. The number of carboxylic acids is 1. The Morgan fingerprint density at radius 2 is 1.90 bits per heavy atom. The zero-order chi connectivity index (χ0) is 14.5. The number of hydrogen-bond acceptors (Lipinski definition) is 4. The number of Topliss-reactive ketones (excluding diaryl/α,β-unsaturated/α-hetero) is 1. The lowest BCUT2D eigenvalue weighted by atomic mass is 10.0. The van der Waals surface area contributed by atoms with Crippen molar-refractivity contribution >= 4 is 11.8 Å². The van der Waals surface area contributed by atoms with E-state index < -0.39 is 5.97 Å². The summed E-state index contributed by atoms with van der Waals surface area (Å²) in [5.74, 6) is -0.616. The molecular weight excluding hydrogens is 258 g/mol.